The SMILES string of the molecule is Cc1cc(C=O)n(C)n1.Cc1cc(CO)n(C)n1. The minimum atomic E-state index is 0.0668. The molecule has 6 heteroatoms. The van der Waals surface area contributed by atoms with E-state index in [0.717, 1.165) is 23.4 Å². The van der Waals surface area contributed by atoms with Crippen LogP contribution >= 0.6 is 0 Å². The van der Waals surface area contributed by atoms with Gasteiger partial charge in [-0.25, -0.2) is 0 Å². The van der Waals surface area contributed by atoms with Gasteiger partial charge < -0.3 is 5.11 Å². The number of aliphatic hydroxyl groups excluding tert-OH is 1. The molecule has 0 aliphatic carbocycles. The Morgan fingerprint density at radius 2 is 1.72 bits per heavy atom. The first-order chi connectivity index (χ1) is 8.47. The second-order valence-electron chi connectivity index (χ2n) is 4.01. The molecular weight excluding hydrogens is 232 g/mol. The van der Waals surface area contributed by atoms with Gasteiger partial charge in [0.05, 0.1) is 23.7 Å². The molecule has 0 unspecified atom stereocenters. The molecule has 2 aromatic rings. The van der Waals surface area contributed by atoms with Crippen LogP contribution in [0.2, 0.25) is 0 Å². The van der Waals surface area contributed by atoms with E-state index in [-0.39, 0.29) is 6.61 Å². The molecule has 2 rings (SSSR count). The van der Waals surface area contributed by atoms with Gasteiger partial charge in [-0.05, 0) is 26.0 Å². The average molecular weight is 250 g/mol. The monoisotopic (exact) mass is 250 g/mol. The van der Waals surface area contributed by atoms with E-state index in [2.05, 4.69) is 10.2 Å². The van der Waals surface area contributed by atoms with Crippen LogP contribution in [0.1, 0.15) is 27.6 Å². The molecule has 0 saturated heterocycles. The van der Waals surface area contributed by atoms with Crippen LogP contribution in [0.25, 0.3) is 0 Å². The van der Waals surface area contributed by atoms with E-state index in [9.17, 15) is 4.79 Å². The third kappa shape index (κ3) is 3.53. The van der Waals surface area contributed by atoms with Crippen molar-refractivity contribution in [2.75, 3.05) is 0 Å². The molecule has 0 spiro atoms. The Bertz CT molecular complexity index is 528. The molecule has 0 aromatic carbocycles. The Balaban J connectivity index is 0.000000180. The number of aryl methyl sites for hydroxylation is 4. The lowest BCUT2D eigenvalue weighted by Crippen LogP contribution is -1.96. The number of rotatable bonds is 2. The molecule has 1 N–H and O–H groups in total. The predicted molar refractivity (Wildman–Crippen MR) is 67.2 cm³/mol. The first-order valence-electron chi connectivity index (χ1n) is 5.54. The standard InChI is InChI=1S/C6H10N2O.C6H8N2O/c2*1-5-3-6(4-9)8(2)7-5/h3,9H,4H2,1-2H3;3-4H,1-2H3. The summed E-state index contributed by atoms with van der Waals surface area (Å²) in [5.41, 5.74) is 3.29. The van der Waals surface area contributed by atoms with Crippen LogP contribution in [0.5, 0.6) is 0 Å². The fraction of sp³-hybridized carbons (Fsp3) is 0.417. The zero-order valence-corrected chi connectivity index (χ0v) is 11.1. The molecule has 0 radical (unpaired) electrons. The van der Waals surface area contributed by atoms with E-state index in [4.69, 9.17) is 5.11 Å². The second-order valence-corrected chi connectivity index (χ2v) is 4.01. The quantitative estimate of drug-likeness (QED) is 0.799. The summed E-state index contributed by atoms with van der Waals surface area (Å²) in [6, 6.07) is 3.60. The van der Waals surface area contributed by atoms with Crippen molar-refractivity contribution >= 4 is 6.29 Å². The van der Waals surface area contributed by atoms with Gasteiger partial charge in [0.1, 0.15) is 5.69 Å². The molecule has 2 aromatic heterocycles. The van der Waals surface area contributed by atoms with Gasteiger partial charge in [-0.1, -0.05) is 0 Å². The highest BCUT2D eigenvalue weighted by Crippen LogP contribution is 1.99. The molecule has 0 bridgehead atoms. The molecule has 0 saturated carbocycles. The van der Waals surface area contributed by atoms with Crippen molar-refractivity contribution < 1.29 is 9.90 Å². The summed E-state index contributed by atoms with van der Waals surface area (Å²) in [6.45, 7) is 3.82. The highest BCUT2D eigenvalue weighted by molar-refractivity contribution is 5.72. The van der Waals surface area contributed by atoms with Gasteiger partial charge in [-0.15, -0.1) is 0 Å². The van der Waals surface area contributed by atoms with Crippen LogP contribution in [-0.4, -0.2) is 31.0 Å². The predicted octanol–water partition coefficient (Wildman–Crippen LogP) is 0.762. The summed E-state index contributed by atoms with van der Waals surface area (Å²) in [7, 11) is 3.56. The van der Waals surface area contributed by atoms with Crippen molar-refractivity contribution in [3.8, 4) is 0 Å². The molecule has 0 aliphatic heterocycles. The van der Waals surface area contributed by atoms with Crippen LogP contribution in [0.15, 0.2) is 12.1 Å². The normalized spacial score (nSPS) is 9.83. The van der Waals surface area contributed by atoms with E-state index in [1.807, 2.05) is 27.0 Å². The van der Waals surface area contributed by atoms with Gasteiger partial charge in [0.2, 0.25) is 0 Å². The Morgan fingerprint density at radius 3 is 1.94 bits per heavy atom. The lowest BCUT2D eigenvalue weighted by atomic mass is 10.4. The van der Waals surface area contributed by atoms with Gasteiger partial charge in [0, 0.05) is 14.1 Å². The minimum Gasteiger partial charge on any atom is -0.390 e. The van der Waals surface area contributed by atoms with Crippen LogP contribution in [-0.2, 0) is 20.7 Å². The van der Waals surface area contributed by atoms with Crippen LogP contribution in [0, 0.1) is 13.8 Å². The minimum absolute atomic E-state index is 0.0668. The Hall–Kier alpha value is -1.95. The smallest absolute Gasteiger partial charge is 0.168 e. The first-order valence-corrected chi connectivity index (χ1v) is 5.54. The zero-order chi connectivity index (χ0) is 13.7. The fourth-order valence-electron chi connectivity index (χ4n) is 1.55. The summed E-state index contributed by atoms with van der Waals surface area (Å²) in [5, 5.41) is 16.7. The summed E-state index contributed by atoms with van der Waals surface area (Å²) in [6.07, 6.45) is 0.792. The topological polar surface area (TPSA) is 72.9 Å². The number of carbonyl (C=O) groups is 1. The molecule has 18 heavy (non-hydrogen) atoms. The van der Waals surface area contributed by atoms with Gasteiger partial charge in [0.25, 0.3) is 0 Å². The van der Waals surface area contributed by atoms with E-state index in [1.165, 1.54) is 0 Å². The fourth-order valence-corrected chi connectivity index (χ4v) is 1.55. The lowest BCUT2D eigenvalue weighted by molar-refractivity contribution is 0.111. The van der Waals surface area contributed by atoms with E-state index < -0.39 is 0 Å². The highest BCUT2D eigenvalue weighted by atomic mass is 16.3. The first kappa shape index (κ1) is 14.1. The Kier molecular flexibility index (Phi) is 4.79. The average Bonchev–Trinajstić information content (AvgIpc) is 2.81. The van der Waals surface area contributed by atoms with Crippen LogP contribution in [0.4, 0.5) is 0 Å². The molecule has 98 valence electrons. The zero-order valence-electron chi connectivity index (χ0n) is 11.1. The number of nitrogens with zero attached hydrogens (tertiary/aromatic N) is 4. The van der Waals surface area contributed by atoms with Crippen molar-refractivity contribution in [3.05, 3.63) is 34.9 Å². The molecule has 0 fully saturated rings. The maximum Gasteiger partial charge on any atom is 0.168 e. The highest BCUT2D eigenvalue weighted by Gasteiger charge is 1.97. The van der Waals surface area contributed by atoms with E-state index in [1.54, 1.807) is 22.5 Å². The van der Waals surface area contributed by atoms with Crippen molar-refractivity contribution in [3.63, 3.8) is 0 Å². The van der Waals surface area contributed by atoms with Crippen LogP contribution in [0.3, 0.4) is 0 Å². The Morgan fingerprint density at radius 1 is 1.17 bits per heavy atom. The number of aliphatic hydroxyl groups is 1. The van der Waals surface area contributed by atoms with Gasteiger partial charge in [0.15, 0.2) is 6.29 Å². The van der Waals surface area contributed by atoms with E-state index in [0.29, 0.717) is 5.69 Å². The molecule has 0 aliphatic rings. The van der Waals surface area contributed by atoms with Crippen LogP contribution < -0.4 is 0 Å². The molecule has 0 atom stereocenters. The van der Waals surface area contributed by atoms with Gasteiger partial charge in [-0.2, -0.15) is 10.2 Å². The number of carbonyl (C=O) groups excluding carboxylic acids is 1. The third-order valence-electron chi connectivity index (χ3n) is 2.42. The third-order valence-corrected chi connectivity index (χ3v) is 2.42. The molecule has 0 amide bonds. The summed E-state index contributed by atoms with van der Waals surface area (Å²) in [4.78, 5) is 10.2. The van der Waals surface area contributed by atoms with Crippen molar-refractivity contribution in [1.29, 1.82) is 0 Å². The maximum absolute atomic E-state index is 10.2. The molecular formula is C12H18N4O2. The van der Waals surface area contributed by atoms with Crippen molar-refractivity contribution in [2.45, 2.75) is 20.5 Å². The second kappa shape index (κ2) is 6.11. The largest absolute Gasteiger partial charge is 0.390 e. The van der Waals surface area contributed by atoms with Gasteiger partial charge in [-0.3, -0.25) is 14.2 Å². The number of hydrogen-bond acceptors (Lipinski definition) is 4. The maximum atomic E-state index is 10.2. The van der Waals surface area contributed by atoms with Crippen molar-refractivity contribution in [1.82, 2.24) is 19.6 Å². The number of aromatic nitrogens is 4. The molecule has 2 heterocycles. The summed E-state index contributed by atoms with van der Waals surface area (Å²) >= 11 is 0. The molecule has 6 nitrogen and oxygen atoms in total. The Labute approximate surface area is 106 Å². The summed E-state index contributed by atoms with van der Waals surface area (Å²) in [5.74, 6) is 0. The van der Waals surface area contributed by atoms with Gasteiger partial charge >= 0.3 is 0 Å². The lowest BCUT2D eigenvalue weighted by Gasteiger charge is -1.92. The summed E-state index contributed by atoms with van der Waals surface area (Å²) < 4.78 is 3.23. The number of aldehydes is 1. The van der Waals surface area contributed by atoms with E-state index >= 15 is 0 Å². The van der Waals surface area contributed by atoms with Crippen molar-refractivity contribution in [2.24, 2.45) is 14.1 Å². The number of hydrogen-bond donors (Lipinski definition) is 1.